The molecule has 3 heterocycles. The lowest BCUT2D eigenvalue weighted by atomic mass is 9.87. The van der Waals surface area contributed by atoms with Gasteiger partial charge >= 0.3 is 0 Å². The first kappa shape index (κ1) is 22.0. The lowest BCUT2D eigenvalue weighted by Crippen LogP contribution is -2.13. The van der Waals surface area contributed by atoms with Crippen molar-refractivity contribution in [2.45, 2.75) is 68.7 Å². The normalized spacial score (nSPS) is 21.8. The van der Waals surface area contributed by atoms with Gasteiger partial charge in [-0.1, -0.05) is 20.8 Å². The molecule has 3 N–H and O–H groups in total. The molecule has 1 aromatic carbocycles. The SMILES string of the molecule is CC(C)(C)c1cnnc(C2CCC(c3cc(Nc4ccc5c(c4F)CNS5(=O)=O)n[nH]3)C2)c1. The Morgan fingerprint density at radius 1 is 1.15 bits per heavy atom. The minimum Gasteiger partial charge on any atom is -0.336 e. The second-order valence-corrected chi connectivity index (χ2v) is 11.6. The van der Waals surface area contributed by atoms with E-state index in [1.165, 1.54) is 17.7 Å². The molecule has 2 aliphatic rings. The van der Waals surface area contributed by atoms with Crippen molar-refractivity contribution >= 4 is 21.5 Å². The van der Waals surface area contributed by atoms with Crippen LogP contribution in [0.5, 0.6) is 0 Å². The average molecular weight is 471 g/mol. The predicted octanol–water partition coefficient (Wildman–Crippen LogP) is 4.22. The molecule has 10 heteroatoms. The molecule has 1 aliphatic heterocycles. The van der Waals surface area contributed by atoms with Gasteiger partial charge in [0.15, 0.2) is 11.6 Å². The van der Waals surface area contributed by atoms with Crippen molar-refractivity contribution in [2.75, 3.05) is 5.32 Å². The van der Waals surface area contributed by atoms with Gasteiger partial charge in [0.2, 0.25) is 10.0 Å². The molecule has 0 bridgehead atoms. The zero-order valence-corrected chi connectivity index (χ0v) is 19.6. The zero-order valence-electron chi connectivity index (χ0n) is 18.8. The van der Waals surface area contributed by atoms with Crippen molar-refractivity contribution in [3.63, 3.8) is 0 Å². The molecule has 8 nitrogen and oxygen atoms in total. The highest BCUT2D eigenvalue weighted by atomic mass is 32.2. The van der Waals surface area contributed by atoms with Gasteiger partial charge in [0.25, 0.3) is 0 Å². The second-order valence-electron chi connectivity index (χ2n) is 9.89. The van der Waals surface area contributed by atoms with Crippen molar-refractivity contribution in [2.24, 2.45) is 0 Å². The maximum absolute atomic E-state index is 14.8. The van der Waals surface area contributed by atoms with E-state index in [2.05, 4.69) is 57.3 Å². The third kappa shape index (κ3) is 4.13. The lowest BCUT2D eigenvalue weighted by molar-refractivity contribution is 0.575. The molecule has 0 amide bonds. The molecular weight excluding hydrogens is 443 g/mol. The van der Waals surface area contributed by atoms with Gasteiger partial charge in [-0.2, -0.15) is 15.3 Å². The van der Waals surface area contributed by atoms with Crippen LogP contribution >= 0.6 is 0 Å². The highest BCUT2D eigenvalue weighted by molar-refractivity contribution is 7.89. The number of halogens is 1. The lowest BCUT2D eigenvalue weighted by Gasteiger charge is -2.19. The van der Waals surface area contributed by atoms with Crippen LogP contribution in [0.4, 0.5) is 15.9 Å². The Bertz CT molecular complexity index is 1310. The number of hydrogen-bond acceptors (Lipinski definition) is 6. The van der Waals surface area contributed by atoms with Gasteiger partial charge in [-0.3, -0.25) is 5.10 Å². The minimum absolute atomic E-state index is 0.0103. The molecule has 2 unspecified atom stereocenters. The molecule has 33 heavy (non-hydrogen) atoms. The number of H-pyrrole nitrogens is 1. The van der Waals surface area contributed by atoms with Crippen LogP contribution in [0.25, 0.3) is 0 Å². The number of benzene rings is 1. The van der Waals surface area contributed by atoms with E-state index in [-0.39, 0.29) is 28.1 Å². The third-order valence-corrected chi connectivity index (χ3v) is 8.11. The summed E-state index contributed by atoms with van der Waals surface area (Å²) in [4.78, 5) is -0.0103. The number of rotatable bonds is 4. The molecule has 174 valence electrons. The van der Waals surface area contributed by atoms with E-state index in [0.29, 0.717) is 17.7 Å². The monoisotopic (exact) mass is 470 g/mol. The molecule has 0 spiro atoms. The number of hydrogen-bond donors (Lipinski definition) is 3. The zero-order chi connectivity index (χ0) is 23.4. The summed E-state index contributed by atoms with van der Waals surface area (Å²) in [7, 11) is -3.61. The van der Waals surface area contributed by atoms with Crippen LogP contribution in [0.2, 0.25) is 0 Å². The molecule has 2 atom stereocenters. The summed E-state index contributed by atoms with van der Waals surface area (Å²) >= 11 is 0. The molecule has 0 saturated heterocycles. The fourth-order valence-electron chi connectivity index (χ4n) is 4.63. The molecule has 2 aromatic heterocycles. The van der Waals surface area contributed by atoms with E-state index in [1.54, 1.807) is 0 Å². The predicted molar refractivity (Wildman–Crippen MR) is 122 cm³/mol. The Labute approximate surface area is 192 Å². The van der Waals surface area contributed by atoms with Crippen molar-refractivity contribution in [1.82, 2.24) is 25.1 Å². The second kappa shape index (κ2) is 7.88. The van der Waals surface area contributed by atoms with E-state index < -0.39 is 15.8 Å². The van der Waals surface area contributed by atoms with Crippen LogP contribution in [-0.4, -0.2) is 28.8 Å². The molecule has 1 saturated carbocycles. The van der Waals surface area contributed by atoms with Gasteiger partial charge in [-0.05, 0) is 48.4 Å². The molecule has 1 fully saturated rings. The van der Waals surface area contributed by atoms with Gasteiger partial charge in [0.1, 0.15) is 0 Å². The van der Waals surface area contributed by atoms with Crippen LogP contribution in [0.1, 0.15) is 74.4 Å². The Morgan fingerprint density at radius 3 is 2.73 bits per heavy atom. The van der Waals surface area contributed by atoms with Crippen LogP contribution < -0.4 is 10.0 Å². The number of fused-ring (bicyclic) bond motifs is 1. The highest BCUT2D eigenvalue weighted by Crippen LogP contribution is 2.43. The molecule has 5 rings (SSSR count). The summed E-state index contributed by atoms with van der Waals surface area (Å²) < 4.78 is 41.0. The molecular formula is C23H27FN6O2S. The van der Waals surface area contributed by atoms with Crippen LogP contribution in [0, 0.1) is 5.82 Å². The van der Waals surface area contributed by atoms with Crippen LogP contribution in [-0.2, 0) is 22.0 Å². The van der Waals surface area contributed by atoms with Gasteiger partial charge in [0, 0.05) is 35.7 Å². The summed E-state index contributed by atoms with van der Waals surface area (Å²) in [5.74, 6) is 0.560. The Hall–Kier alpha value is -2.85. The van der Waals surface area contributed by atoms with Crippen molar-refractivity contribution in [3.8, 4) is 0 Å². The average Bonchev–Trinajstić information content (AvgIpc) is 3.49. The first-order valence-electron chi connectivity index (χ1n) is 11.1. The summed E-state index contributed by atoms with van der Waals surface area (Å²) in [6.07, 6.45) is 4.81. The van der Waals surface area contributed by atoms with Crippen LogP contribution in [0.15, 0.2) is 35.4 Å². The third-order valence-electron chi connectivity index (χ3n) is 6.62. The van der Waals surface area contributed by atoms with E-state index in [4.69, 9.17) is 0 Å². The first-order valence-corrected chi connectivity index (χ1v) is 12.6. The van der Waals surface area contributed by atoms with E-state index in [1.807, 2.05) is 12.3 Å². The molecule has 1 aliphatic carbocycles. The topological polar surface area (TPSA) is 113 Å². The summed E-state index contributed by atoms with van der Waals surface area (Å²) in [5, 5.41) is 19.0. The van der Waals surface area contributed by atoms with Gasteiger partial charge in [0.05, 0.1) is 22.5 Å². The Balaban J connectivity index is 1.30. The maximum atomic E-state index is 14.8. The smallest absolute Gasteiger partial charge is 0.241 e. The van der Waals surface area contributed by atoms with Gasteiger partial charge < -0.3 is 5.32 Å². The summed E-state index contributed by atoms with van der Waals surface area (Å²) in [5.41, 5.74) is 3.58. The van der Waals surface area contributed by atoms with E-state index in [9.17, 15) is 12.8 Å². The van der Waals surface area contributed by atoms with Crippen molar-refractivity contribution < 1.29 is 12.8 Å². The minimum atomic E-state index is -3.61. The number of nitrogens with zero attached hydrogens (tertiary/aromatic N) is 3. The van der Waals surface area contributed by atoms with Gasteiger partial charge in [-0.25, -0.2) is 17.5 Å². The van der Waals surface area contributed by atoms with Crippen molar-refractivity contribution in [3.05, 3.63) is 58.8 Å². The number of anilines is 2. The largest absolute Gasteiger partial charge is 0.336 e. The number of sulfonamides is 1. The molecule has 0 radical (unpaired) electrons. The van der Waals surface area contributed by atoms with E-state index >= 15 is 0 Å². The number of aromatic nitrogens is 4. The molecule has 3 aromatic rings. The highest BCUT2D eigenvalue weighted by Gasteiger charge is 2.31. The van der Waals surface area contributed by atoms with E-state index in [0.717, 1.165) is 30.7 Å². The number of nitrogens with one attached hydrogen (secondary N) is 3. The van der Waals surface area contributed by atoms with Crippen molar-refractivity contribution in [1.29, 1.82) is 0 Å². The van der Waals surface area contributed by atoms with Gasteiger partial charge in [-0.15, -0.1) is 0 Å². The standard InChI is InChI=1S/C23H27FN6O2S/c1-23(2,3)15-9-18(28-25-11-15)13-4-5-14(8-13)19-10-21(30-29-19)27-17-6-7-20-16(22(17)24)12-26-33(20,31)32/h6-7,9-11,13-14,26H,4-5,8,12H2,1-3H3,(H2,27,29,30). The Morgan fingerprint density at radius 2 is 1.94 bits per heavy atom. The maximum Gasteiger partial charge on any atom is 0.241 e. The summed E-state index contributed by atoms with van der Waals surface area (Å²) in [6.45, 7) is 6.46. The fraction of sp³-hybridized carbons (Fsp3) is 0.435. The Kier molecular flexibility index (Phi) is 5.24. The first-order chi connectivity index (χ1) is 15.6. The summed E-state index contributed by atoms with van der Waals surface area (Å²) in [6, 6.07) is 6.91. The van der Waals surface area contributed by atoms with Crippen LogP contribution in [0.3, 0.4) is 0 Å². The quantitative estimate of drug-likeness (QED) is 0.526. The number of aromatic amines is 1. The fourth-order valence-corrected chi connectivity index (χ4v) is 5.86.